The fourth-order valence-corrected chi connectivity index (χ4v) is 1.86. The minimum Gasteiger partial charge on any atom is -0.480 e. The number of aromatic nitrogens is 1. The lowest BCUT2D eigenvalue weighted by molar-refractivity contribution is -0.141. The second-order valence-corrected chi connectivity index (χ2v) is 4.28. The molecule has 1 aliphatic carbocycles. The number of hydrogen-bond acceptors (Lipinski definition) is 2. The van der Waals surface area contributed by atoms with E-state index in [0.29, 0.717) is 18.9 Å². The number of carbonyl (C=O) groups is 1. The molecule has 7 heteroatoms. The van der Waals surface area contributed by atoms with Crippen LogP contribution in [0.25, 0.3) is 0 Å². The smallest absolute Gasteiger partial charge is 0.416 e. The molecule has 1 saturated carbocycles. The molecule has 1 aromatic heterocycles. The third-order valence-corrected chi connectivity index (χ3v) is 2.90. The minimum atomic E-state index is -4.60. The molecule has 0 saturated heterocycles. The van der Waals surface area contributed by atoms with Gasteiger partial charge in [0, 0.05) is 12.3 Å². The number of carboxylic acid groups (broad SMARTS) is 1. The Kier molecular flexibility index (Phi) is 2.92. The number of hydrogen-bond donors (Lipinski definition) is 1. The zero-order valence-electron chi connectivity index (χ0n) is 9.15. The number of alkyl halides is 3. The van der Waals surface area contributed by atoms with E-state index in [1.807, 2.05) is 0 Å². The number of pyridine rings is 1. The van der Waals surface area contributed by atoms with Gasteiger partial charge in [0.15, 0.2) is 0 Å². The Morgan fingerprint density at radius 3 is 2.44 bits per heavy atom. The van der Waals surface area contributed by atoms with Crippen LogP contribution in [0, 0.1) is 5.92 Å². The highest BCUT2D eigenvalue weighted by Gasteiger charge is 2.39. The summed E-state index contributed by atoms with van der Waals surface area (Å²) in [6.07, 6.45) is -2.35. The maximum atomic E-state index is 12.4. The fourth-order valence-electron chi connectivity index (χ4n) is 1.86. The van der Waals surface area contributed by atoms with Crippen molar-refractivity contribution in [2.24, 2.45) is 5.92 Å². The van der Waals surface area contributed by atoms with Gasteiger partial charge in [0.1, 0.15) is 6.04 Å². The first-order valence-electron chi connectivity index (χ1n) is 5.33. The van der Waals surface area contributed by atoms with Crippen LogP contribution in [-0.2, 0) is 11.0 Å². The fraction of sp³-hybridized carbons (Fsp3) is 0.455. The molecule has 1 aromatic rings. The molecule has 1 fully saturated rings. The van der Waals surface area contributed by atoms with Gasteiger partial charge in [-0.25, -0.2) is 4.79 Å². The molecule has 0 bridgehead atoms. The second kappa shape index (κ2) is 4.15. The molecule has 1 N–H and O–H groups in total. The zero-order chi connectivity index (χ0) is 13.5. The molecular weight excluding hydrogens is 251 g/mol. The molecule has 0 aromatic carbocycles. The van der Waals surface area contributed by atoms with Crippen LogP contribution in [0.5, 0.6) is 0 Å². The molecule has 1 heterocycles. The Balaban J connectivity index is 2.40. The van der Waals surface area contributed by atoms with E-state index in [2.05, 4.69) is 0 Å². The summed E-state index contributed by atoms with van der Waals surface area (Å²) in [6.45, 7) is 0. The van der Waals surface area contributed by atoms with Crippen molar-refractivity contribution in [3.63, 3.8) is 0 Å². The van der Waals surface area contributed by atoms with Crippen molar-refractivity contribution < 1.29 is 23.1 Å². The number of nitrogens with zero attached hydrogens (tertiary/aromatic N) is 1. The first-order valence-corrected chi connectivity index (χ1v) is 5.33. The van der Waals surface area contributed by atoms with Gasteiger partial charge in [-0.3, -0.25) is 4.79 Å². The van der Waals surface area contributed by atoms with Crippen molar-refractivity contribution in [2.45, 2.75) is 25.1 Å². The number of aliphatic carboxylic acids is 1. The molecule has 18 heavy (non-hydrogen) atoms. The highest BCUT2D eigenvalue weighted by atomic mass is 19.4. The maximum absolute atomic E-state index is 12.4. The SMILES string of the molecule is O=C(O)C(C1CC1)n1ccc(C(F)(F)F)cc1=O. The molecule has 1 unspecified atom stereocenters. The molecule has 2 rings (SSSR count). The predicted molar refractivity (Wildman–Crippen MR) is 55.1 cm³/mol. The van der Waals surface area contributed by atoms with E-state index in [1.165, 1.54) is 0 Å². The van der Waals surface area contributed by atoms with E-state index in [4.69, 9.17) is 5.11 Å². The van der Waals surface area contributed by atoms with Crippen LogP contribution in [0.4, 0.5) is 13.2 Å². The molecule has 98 valence electrons. The average molecular weight is 261 g/mol. The molecule has 1 aliphatic rings. The van der Waals surface area contributed by atoms with E-state index in [0.717, 1.165) is 16.8 Å². The van der Waals surface area contributed by atoms with Crippen molar-refractivity contribution in [1.82, 2.24) is 4.57 Å². The Bertz CT molecular complexity index is 531. The van der Waals surface area contributed by atoms with Gasteiger partial charge < -0.3 is 9.67 Å². The van der Waals surface area contributed by atoms with Crippen LogP contribution in [0.1, 0.15) is 24.4 Å². The van der Waals surface area contributed by atoms with Crippen molar-refractivity contribution in [2.75, 3.05) is 0 Å². The lowest BCUT2D eigenvalue weighted by atomic mass is 10.1. The van der Waals surface area contributed by atoms with Crippen molar-refractivity contribution >= 4 is 5.97 Å². The standard InChI is InChI=1S/C11H10F3NO3/c12-11(13,14)7-3-4-15(8(16)5-7)9(10(17)18)6-1-2-6/h3-6,9H,1-2H2,(H,17,18). The van der Waals surface area contributed by atoms with Gasteiger partial charge in [-0.2, -0.15) is 13.2 Å². The quantitative estimate of drug-likeness (QED) is 0.904. The molecular formula is C11H10F3NO3. The van der Waals surface area contributed by atoms with Gasteiger partial charge in [-0.15, -0.1) is 0 Å². The van der Waals surface area contributed by atoms with Crippen molar-refractivity contribution in [1.29, 1.82) is 0 Å². The Hall–Kier alpha value is -1.79. The van der Waals surface area contributed by atoms with E-state index in [-0.39, 0.29) is 5.92 Å². The number of carboxylic acids is 1. The van der Waals surface area contributed by atoms with E-state index < -0.39 is 29.3 Å². The van der Waals surface area contributed by atoms with Gasteiger partial charge in [-0.1, -0.05) is 0 Å². The van der Waals surface area contributed by atoms with Gasteiger partial charge in [-0.05, 0) is 24.8 Å². The predicted octanol–water partition coefficient (Wildman–Crippen LogP) is 1.90. The first-order chi connectivity index (χ1) is 8.30. The Labute approximate surface area is 99.7 Å². The highest BCUT2D eigenvalue weighted by molar-refractivity contribution is 5.72. The largest absolute Gasteiger partial charge is 0.480 e. The molecule has 0 aliphatic heterocycles. The highest BCUT2D eigenvalue weighted by Crippen LogP contribution is 2.39. The summed E-state index contributed by atoms with van der Waals surface area (Å²) in [5.74, 6) is -1.36. The number of rotatable bonds is 3. The maximum Gasteiger partial charge on any atom is 0.416 e. The molecule has 4 nitrogen and oxygen atoms in total. The van der Waals surface area contributed by atoms with E-state index in [1.54, 1.807) is 0 Å². The lowest BCUT2D eigenvalue weighted by Gasteiger charge is -2.15. The molecule has 0 radical (unpaired) electrons. The average Bonchev–Trinajstić information content (AvgIpc) is 3.03. The summed E-state index contributed by atoms with van der Waals surface area (Å²) in [7, 11) is 0. The van der Waals surface area contributed by atoms with Crippen LogP contribution < -0.4 is 5.56 Å². The van der Waals surface area contributed by atoms with Crippen molar-refractivity contribution in [3.8, 4) is 0 Å². The third-order valence-electron chi connectivity index (χ3n) is 2.90. The van der Waals surface area contributed by atoms with Crippen LogP contribution in [0.3, 0.4) is 0 Å². The van der Waals surface area contributed by atoms with Gasteiger partial charge in [0.25, 0.3) is 5.56 Å². The summed E-state index contributed by atoms with van der Waals surface area (Å²) in [4.78, 5) is 22.6. The Morgan fingerprint density at radius 2 is 2.06 bits per heavy atom. The molecule has 0 amide bonds. The van der Waals surface area contributed by atoms with Gasteiger partial charge in [0.2, 0.25) is 0 Å². The van der Waals surface area contributed by atoms with Crippen molar-refractivity contribution in [3.05, 3.63) is 34.2 Å². The zero-order valence-corrected chi connectivity index (χ0v) is 9.15. The molecule has 1 atom stereocenters. The lowest BCUT2D eigenvalue weighted by Crippen LogP contribution is -2.31. The summed E-state index contributed by atoms with van der Waals surface area (Å²) >= 11 is 0. The monoisotopic (exact) mass is 261 g/mol. The topological polar surface area (TPSA) is 59.3 Å². The third kappa shape index (κ3) is 2.39. The van der Waals surface area contributed by atoms with Crippen LogP contribution in [-0.4, -0.2) is 15.6 Å². The van der Waals surface area contributed by atoms with E-state index in [9.17, 15) is 22.8 Å². The summed E-state index contributed by atoms with van der Waals surface area (Å²) in [5.41, 5.74) is -2.01. The van der Waals surface area contributed by atoms with E-state index >= 15 is 0 Å². The summed E-state index contributed by atoms with van der Waals surface area (Å²) < 4.78 is 38.0. The second-order valence-electron chi connectivity index (χ2n) is 4.28. The Morgan fingerprint density at radius 1 is 1.44 bits per heavy atom. The van der Waals surface area contributed by atoms with Gasteiger partial charge >= 0.3 is 12.1 Å². The van der Waals surface area contributed by atoms with Crippen LogP contribution in [0.15, 0.2) is 23.1 Å². The van der Waals surface area contributed by atoms with Gasteiger partial charge in [0.05, 0.1) is 5.56 Å². The normalized spacial score (nSPS) is 17.5. The van der Waals surface area contributed by atoms with Crippen LogP contribution >= 0.6 is 0 Å². The summed E-state index contributed by atoms with van der Waals surface area (Å²) in [6, 6.07) is 0.0812. The summed E-state index contributed by atoms with van der Waals surface area (Å²) in [5, 5.41) is 9.01. The first kappa shape index (κ1) is 12.7. The number of halogens is 3. The minimum absolute atomic E-state index is 0.170. The van der Waals surface area contributed by atoms with Crippen LogP contribution in [0.2, 0.25) is 0 Å². The molecule has 0 spiro atoms.